The van der Waals surface area contributed by atoms with Gasteiger partial charge in [0.25, 0.3) is 0 Å². The van der Waals surface area contributed by atoms with Gasteiger partial charge >= 0.3 is 11.9 Å². The Morgan fingerprint density at radius 2 is 1.74 bits per heavy atom. The number of hydrogen-bond donors (Lipinski definition) is 2. The molecule has 3 N–H and O–H groups in total. The molecule has 0 amide bonds. The molecule has 0 aromatic rings. The number of nitrogens with two attached hydrogens (primary N) is 1. The summed E-state index contributed by atoms with van der Waals surface area (Å²) in [4.78, 5) is 21.7. The molecule has 0 bridgehead atoms. The van der Waals surface area contributed by atoms with Crippen molar-refractivity contribution in [1.29, 1.82) is 0 Å². The molecule has 0 heterocycles. The van der Waals surface area contributed by atoms with E-state index < -0.39 is 12.0 Å². The molecule has 108 valence electrons. The number of carboxylic acids is 1. The summed E-state index contributed by atoms with van der Waals surface area (Å²) in [5, 5.41) is 8.53. The average molecular weight is 325 g/mol. The van der Waals surface area contributed by atoms with Gasteiger partial charge in [0, 0.05) is 25.9 Å². The summed E-state index contributed by atoms with van der Waals surface area (Å²) in [7, 11) is 0. The Hall–Kier alpha value is -0.477. The first kappa shape index (κ1) is 20.8. The van der Waals surface area contributed by atoms with Gasteiger partial charge in [0.05, 0.1) is 6.61 Å². The molecule has 0 rings (SSSR count). The van der Waals surface area contributed by atoms with Crippen LogP contribution in [-0.2, 0) is 33.8 Å². The van der Waals surface area contributed by atoms with E-state index in [1.165, 1.54) is 25.7 Å². The molecule has 0 radical (unpaired) electrons. The van der Waals surface area contributed by atoms with Crippen LogP contribution < -0.4 is 5.73 Å². The van der Waals surface area contributed by atoms with Crippen molar-refractivity contribution in [3.05, 3.63) is 0 Å². The molecule has 0 aliphatic heterocycles. The van der Waals surface area contributed by atoms with Gasteiger partial charge in [-0.15, -0.1) is 0 Å². The molecular weight excluding hydrogens is 300 g/mol. The maximum atomic E-state index is 11.2. The van der Waals surface area contributed by atoms with Crippen molar-refractivity contribution in [2.45, 2.75) is 64.3 Å². The van der Waals surface area contributed by atoms with E-state index in [0.29, 0.717) is 6.61 Å². The zero-order chi connectivity index (χ0) is 13.8. The minimum Gasteiger partial charge on any atom is -0.480 e. The van der Waals surface area contributed by atoms with E-state index in [1.807, 2.05) is 0 Å². The quantitative estimate of drug-likeness (QED) is 0.345. The van der Waals surface area contributed by atoms with Crippen molar-refractivity contribution in [2.24, 2.45) is 5.73 Å². The number of carboxylic acid groups (broad SMARTS) is 1. The number of carbonyl (C=O) groups excluding carboxylic acids is 1. The van der Waals surface area contributed by atoms with Crippen molar-refractivity contribution < 1.29 is 38.9 Å². The molecule has 19 heavy (non-hydrogen) atoms. The molecule has 0 spiro atoms. The summed E-state index contributed by atoms with van der Waals surface area (Å²) in [6, 6.07) is -0.980. The van der Waals surface area contributed by atoms with Crippen LogP contribution in [0.1, 0.15) is 58.3 Å². The van der Waals surface area contributed by atoms with E-state index >= 15 is 0 Å². The fourth-order valence-corrected chi connectivity index (χ4v) is 1.54. The minimum absolute atomic E-state index is 0. The number of esters is 1. The van der Waals surface area contributed by atoms with Gasteiger partial charge in [-0.05, 0) is 12.8 Å². The van der Waals surface area contributed by atoms with Crippen molar-refractivity contribution in [3.8, 4) is 0 Å². The Labute approximate surface area is 128 Å². The van der Waals surface area contributed by atoms with Crippen molar-refractivity contribution in [1.82, 2.24) is 0 Å². The number of aliphatic carboxylic acids is 1. The average Bonchev–Trinajstić information content (AvgIpc) is 2.34. The van der Waals surface area contributed by atoms with Gasteiger partial charge in [-0.3, -0.25) is 9.59 Å². The summed E-state index contributed by atoms with van der Waals surface area (Å²) < 4.78 is 4.99. The normalized spacial score (nSPS) is 11.5. The van der Waals surface area contributed by atoms with Crippen LogP contribution in [-0.4, -0.2) is 29.7 Å². The third-order valence-electron chi connectivity index (χ3n) is 2.74. The van der Waals surface area contributed by atoms with Gasteiger partial charge in [-0.25, -0.2) is 0 Å². The van der Waals surface area contributed by atoms with Gasteiger partial charge in [0.1, 0.15) is 6.04 Å². The third kappa shape index (κ3) is 13.8. The zero-order valence-electron chi connectivity index (χ0n) is 11.9. The van der Waals surface area contributed by atoms with E-state index in [0.717, 1.165) is 12.8 Å². The van der Waals surface area contributed by atoms with Crippen LogP contribution in [0.15, 0.2) is 0 Å². The van der Waals surface area contributed by atoms with Crippen LogP contribution in [0.2, 0.25) is 0 Å². The predicted octanol–water partition coefficient (Wildman–Crippen LogP) is 2.08. The molecule has 1 atom stereocenters. The second-order valence-corrected chi connectivity index (χ2v) is 4.47. The van der Waals surface area contributed by atoms with Gasteiger partial charge < -0.3 is 15.6 Å². The SMILES string of the molecule is CCCCCCCCOC(=O)CC[C@H](N)C(=O)O.[Zn]. The van der Waals surface area contributed by atoms with E-state index in [4.69, 9.17) is 15.6 Å². The smallest absolute Gasteiger partial charge is 0.320 e. The minimum atomic E-state index is -1.08. The Bertz CT molecular complexity index is 249. The Kier molecular flexibility index (Phi) is 15.3. The van der Waals surface area contributed by atoms with Gasteiger partial charge in [0.2, 0.25) is 0 Å². The molecule has 0 unspecified atom stereocenters. The van der Waals surface area contributed by atoms with Crippen LogP contribution >= 0.6 is 0 Å². The molecule has 0 aromatic heterocycles. The molecule has 0 aliphatic carbocycles. The topological polar surface area (TPSA) is 89.6 Å². The third-order valence-corrected chi connectivity index (χ3v) is 2.74. The number of hydrogen-bond acceptors (Lipinski definition) is 4. The molecule has 0 aliphatic rings. The summed E-state index contributed by atoms with van der Waals surface area (Å²) in [6.45, 7) is 2.59. The maximum Gasteiger partial charge on any atom is 0.320 e. The van der Waals surface area contributed by atoms with E-state index in [1.54, 1.807) is 0 Å². The van der Waals surface area contributed by atoms with Crippen molar-refractivity contribution >= 4 is 11.9 Å². The maximum absolute atomic E-state index is 11.2. The molecule has 0 saturated heterocycles. The number of carbonyl (C=O) groups is 2. The number of rotatable bonds is 11. The first-order valence-corrected chi connectivity index (χ1v) is 6.72. The molecule has 0 fully saturated rings. The van der Waals surface area contributed by atoms with Crippen LogP contribution in [0.4, 0.5) is 0 Å². The fraction of sp³-hybridized carbons (Fsp3) is 0.846. The first-order chi connectivity index (χ1) is 8.57. The first-order valence-electron chi connectivity index (χ1n) is 6.72. The van der Waals surface area contributed by atoms with Gasteiger partial charge in [-0.2, -0.15) is 0 Å². The van der Waals surface area contributed by atoms with E-state index in [2.05, 4.69) is 6.92 Å². The zero-order valence-corrected chi connectivity index (χ0v) is 14.9. The summed E-state index contributed by atoms with van der Waals surface area (Å²) in [5.74, 6) is -1.45. The second-order valence-electron chi connectivity index (χ2n) is 4.47. The van der Waals surface area contributed by atoms with Crippen LogP contribution in [0, 0.1) is 0 Å². The van der Waals surface area contributed by atoms with E-state index in [-0.39, 0.29) is 38.3 Å². The Morgan fingerprint density at radius 1 is 1.16 bits per heavy atom. The monoisotopic (exact) mass is 323 g/mol. The van der Waals surface area contributed by atoms with Crippen LogP contribution in [0.3, 0.4) is 0 Å². The van der Waals surface area contributed by atoms with Gasteiger partial charge in [-0.1, -0.05) is 39.0 Å². The molecular formula is C13H25NO4Zn. The molecule has 0 aromatic carbocycles. The molecule has 0 saturated carbocycles. The number of ether oxygens (including phenoxy) is 1. The predicted molar refractivity (Wildman–Crippen MR) is 69.2 cm³/mol. The Balaban J connectivity index is 0. The van der Waals surface area contributed by atoms with Crippen LogP contribution in [0.25, 0.3) is 0 Å². The summed E-state index contributed by atoms with van der Waals surface area (Å²) >= 11 is 0. The van der Waals surface area contributed by atoms with Crippen molar-refractivity contribution in [2.75, 3.05) is 6.61 Å². The summed E-state index contributed by atoms with van der Waals surface area (Å²) in [6.07, 6.45) is 7.04. The summed E-state index contributed by atoms with van der Waals surface area (Å²) in [5.41, 5.74) is 5.28. The second kappa shape index (κ2) is 13.9. The number of unbranched alkanes of at least 4 members (excludes halogenated alkanes) is 5. The molecule has 6 heteroatoms. The Morgan fingerprint density at radius 3 is 2.32 bits per heavy atom. The largest absolute Gasteiger partial charge is 0.480 e. The fourth-order valence-electron chi connectivity index (χ4n) is 1.54. The molecule has 5 nitrogen and oxygen atoms in total. The van der Waals surface area contributed by atoms with Gasteiger partial charge in [0.15, 0.2) is 0 Å². The van der Waals surface area contributed by atoms with Crippen molar-refractivity contribution in [3.63, 3.8) is 0 Å². The van der Waals surface area contributed by atoms with E-state index in [9.17, 15) is 9.59 Å². The van der Waals surface area contributed by atoms with Crippen LogP contribution in [0.5, 0.6) is 0 Å². The standard InChI is InChI=1S/C13H25NO4.Zn/c1-2-3-4-5-6-7-10-18-12(15)9-8-11(14)13(16)17;/h11H,2-10,14H2,1H3,(H,16,17);/t11-;/m0./s1.